The third-order valence-electron chi connectivity index (χ3n) is 8.85. The maximum Gasteiger partial charge on any atom is 0.146 e. The Labute approximate surface area is 239 Å². The van der Waals surface area contributed by atoms with E-state index in [1.165, 1.54) is 43.7 Å². The van der Waals surface area contributed by atoms with Crippen molar-refractivity contribution in [3.63, 3.8) is 0 Å². The summed E-state index contributed by atoms with van der Waals surface area (Å²) in [7, 11) is 0. The molecule has 4 nitrogen and oxygen atoms in total. The van der Waals surface area contributed by atoms with Gasteiger partial charge in [0.15, 0.2) is 0 Å². The molecule has 42 heavy (non-hydrogen) atoms. The molecule has 0 radical (unpaired) electrons. The molecule has 0 spiro atoms. The van der Waals surface area contributed by atoms with Gasteiger partial charge in [0.1, 0.15) is 11.3 Å². The van der Waals surface area contributed by atoms with Crippen LogP contribution in [0, 0.1) is 0 Å². The Morgan fingerprint density at radius 1 is 0.333 bits per heavy atom. The molecule has 0 saturated heterocycles. The molecular weight excluding hydrogens is 512 g/mol. The van der Waals surface area contributed by atoms with E-state index in [4.69, 9.17) is 9.97 Å². The van der Waals surface area contributed by atoms with Crippen molar-refractivity contribution in [1.29, 1.82) is 0 Å². The molecule has 4 heterocycles. The first kappa shape index (κ1) is 22.0. The fraction of sp³-hybridized carbons (Fsp3) is 0. The van der Waals surface area contributed by atoms with Crippen LogP contribution >= 0.6 is 0 Å². The Bertz CT molecular complexity index is 2560. The van der Waals surface area contributed by atoms with Crippen molar-refractivity contribution in [1.82, 2.24) is 18.8 Å². The van der Waals surface area contributed by atoms with Crippen LogP contribution in [0.15, 0.2) is 133 Å². The summed E-state index contributed by atoms with van der Waals surface area (Å²) < 4.78 is 4.60. The Morgan fingerprint density at radius 2 is 0.738 bits per heavy atom. The van der Waals surface area contributed by atoms with Crippen molar-refractivity contribution < 1.29 is 0 Å². The number of hydrogen-bond donors (Lipinski definition) is 0. The van der Waals surface area contributed by atoms with Crippen molar-refractivity contribution >= 4 is 76.7 Å². The monoisotopic (exact) mass is 534 g/mol. The van der Waals surface area contributed by atoms with Gasteiger partial charge in [-0.3, -0.25) is 8.80 Å². The Kier molecular flexibility index (Phi) is 4.15. The number of nitrogens with zero attached hydrogens (tertiary/aromatic N) is 4. The topological polar surface area (TPSA) is 34.6 Å². The number of hydrogen-bond acceptors (Lipinski definition) is 2. The fourth-order valence-corrected chi connectivity index (χ4v) is 6.98. The summed E-state index contributed by atoms with van der Waals surface area (Å²) in [5.74, 6) is 0. The van der Waals surface area contributed by atoms with E-state index in [1.807, 2.05) is 0 Å². The second kappa shape index (κ2) is 7.93. The van der Waals surface area contributed by atoms with Gasteiger partial charge < -0.3 is 0 Å². The maximum absolute atomic E-state index is 5.07. The van der Waals surface area contributed by atoms with Crippen LogP contribution in [-0.2, 0) is 0 Å². The first-order valence-corrected chi connectivity index (χ1v) is 14.3. The SMILES string of the molecule is c1ccc2c(c1)nc1c3ccc(-c4ccc5c(c4)c4ccccc4n4c6ccccc6nc54)cc3c3ccccc3n21. The van der Waals surface area contributed by atoms with Crippen molar-refractivity contribution in [3.8, 4) is 11.1 Å². The molecule has 0 amide bonds. The van der Waals surface area contributed by atoms with Gasteiger partial charge in [-0.1, -0.05) is 72.8 Å². The zero-order valence-electron chi connectivity index (χ0n) is 22.5. The molecule has 0 aliphatic carbocycles. The van der Waals surface area contributed by atoms with Gasteiger partial charge in [-0.25, -0.2) is 9.97 Å². The number of fused-ring (bicyclic) bond motifs is 16. The smallest absolute Gasteiger partial charge is 0.146 e. The summed E-state index contributed by atoms with van der Waals surface area (Å²) in [5, 5.41) is 7.19. The van der Waals surface area contributed by atoms with Gasteiger partial charge in [-0.2, -0.15) is 0 Å². The van der Waals surface area contributed by atoms with Crippen LogP contribution in [0.4, 0.5) is 0 Å². The molecule has 0 bridgehead atoms. The van der Waals surface area contributed by atoms with E-state index in [1.54, 1.807) is 0 Å². The van der Waals surface area contributed by atoms with E-state index in [0.717, 1.165) is 44.1 Å². The highest BCUT2D eigenvalue weighted by Gasteiger charge is 2.16. The van der Waals surface area contributed by atoms with Crippen LogP contribution in [0.1, 0.15) is 0 Å². The summed E-state index contributed by atoms with van der Waals surface area (Å²) in [5.41, 5.74) is 11.0. The van der Waals surface area contributed by atoms with E-state index in [-0.39, 0.29) is 0 Å². The van der Waals surface area contributed by atoms with Crippen LogP contribution < -0.4 is 0 Å². The molecule has 0 saturated carbocycles. The summed E-state index contributed by atoms with van der Waals surface area (Å²) >= 11 is 0. The molecule has 6 aromatic carbocycles. The number of para-hydroxylation sites is 6. The van der Waals surface area contributed by atoms with Gasteiger partial charge >= 0.3 is 0 Å². The number of imidazole rings is 2. The Hall–Kier alpha value is -5.74. The molecule has 0 N–H and O–H groups in total. The quantitative estimate of drug-likeness (QED) is 0.197. The lowest BCUT2D eigenvalue weighted by atomic mass is 9.96. The average molecular weight is 535 g/mol. The molecule has 0 atom stereocenters. The lowest BCUT2D eigenvalue weighted by molar-refractivity contribution is 1.31. The molecule has 4 aromatic heterocycles. The van der Waals surface area contributed by atoms with Gasteiger partial charge in [-0.05, 0) is 82.6 Å². The largest absolute Gasteiger partial charge is 0.292 e. The normalized spacial score (nSPS) is 12.3. The van der Waals surface area contributed by atoms with Crippen molar-refractivity contribution in [2.45, 2.75) is 0 Å². The molecule has 0 aliphatic rings. The van der Waals surface area contributed by atoms with Crippen LogP contribution in [0.3, 0.4) is 0 Å². The van der Waals surface area contributed by atoms with Gasteiger partial charge in [0.05, 0.1) is 33.1 Å². The molecule has 0 unspecified atom stereocenters. The number of pyridine rings is 2. The molecule has 10 rings (SSSR count). The molecule has 0 aliphatic heterocycles. The van der Waals surface area contributed by atoms with Gasteiger partial charge in [0, 0.05) is 21.5 Å². The molecule has 4 heteroatoms. The number of benzene rings is 6. The first-order valence-electron chi connectivity index (χ1n) is 14.3. The minimum atomic E-state index is 0.995. The first-order chi connectivity index (χ1) is 20.8. The van der Waals surface area contributed by atoms with Crippen LogP contribution in [-0.4, -0.2) is 18.8 Å². The summed E-state index contributed by atoms with van der Waals surface area (Å²) in [6, 6.07) is 47.7. The van der Waals surface area contributed by atoms with E-state index in [0.29, 0.717) is 0 Å². The van der Waals surface area contributed by atoms with Gasteiger partial charge in [0.2, 0.25) is 0 Å². The minimum absolute atomic E-state index is 0.995. The lowest BCUT2D eigenvalue weighted by Gasteiger charge is -2.13. The van der Waals surface area contributed by atoms with Crippen molar-refractivity contribution in [2.24, 2.45) is 0 Å². The van der Waals surface area contributed by atoms with Gasteiger partial charge in [-0.15, -0.1) is 0 Å². The summed E-state index contributed by atoms with van der Waals surface area (Å²) in [6.07, 6.45) is 0. The highest BCUT2D eigenvalue weighted by molar-refractivity contribution is 6.17. The van der Waals surface area contributed by atoms with Gasteiger partial charge in [0.25, 0.3) is 0 Å². The Balaban J connectivity index is 1.28. The van der Waals surface area contributed by atoms with Crippen molar-refractivity contribution in [2.75, 3.05) is 0 Å². The van der Waals surface area contributed by atoms with E-state index < -0.39 is 0 Å². The summed E-state index contributed by atoms with van der Waals surface area (Å²) in [4.78, 5) is 10.1. The van der Waals surface area contributed by atoms with Crippen molar-refractivity contribution in [3.05, 3.63) is 133 Å². The van der Waals surface area contributed by atoms with Crippen LogP contribution in [0.25, 0.3) is 87.8 Å². The van der Waals surface area contributed by atoms with Crippen LogP contribution in [0.2, 0.25) is 0 Å². The average Bonchev–Trinajstić information content (AvgIpc) is 3.64. The second-order valence-corrected chi connectivity index (χ2v) is 11.1. The second-order valence-electron chi connectivity index (χ2n) is 11.1. The van der Waals surface area contributed by atoms with Crippen LogP contribution in [0.5, 0.6) is 0 Å². The zero-order valence-corrected chi connectivity index (χ0v) is 22.5. The molecule has 10 aromatic rings. The Morgan fingerprint density at radius 3 is 1.21 bits per heavy atom. The fourth-order valence-electron chi connectivity index (χ4n) is 6.98. The number of aromatic nitrogens is 4. The van der Waals surface area contributed by atoms with E-state index in [9.17, 15) is 0 Å². The lowest BCUT2D eigenvalue weighted by Crippen LogP contribution is -1.93. The summed E-state index contributed by atoms with van der Waals surface area (Å²) in [6.45, 7) is 0. The van der Waals surface area contributed by atoms with E-state index in [2.05, 4.69) is 142 Å². The maximum atomic E-state index is 5.07. The zero-order chi connectivity index (χ0) is 27.4. The highest BCUT2D eigenvalue weighted by atomic mass is 15.0. The van der Waals surface area contributed by atoms with E-state index >= 15 is 0 Å². The third-order valence-corrected chi connectivity index (χ3v) is 8.85. The predicted molar refractivity (Wildman–Crippen MR) is 174 cm³/mol. The third kappa shape index (κ3) is 2.80. The highest BCUT2D eigenvalue weighted by Crippen LogP contribution is 2.38. The molecular formula is C38H22N4. The molecule has 194 valence electrons. The predicted octanol–water partition coefficient (Wildman–Crippen LogP) is 9.57. The minimum Gasteiger partial charge on any atom is -0.292 e. The molecule has 0 fully saturated rings. The number of rotatable bonds is 1. The standard InChI is InChI=1S/C38H22N4/c1-5-13-33-25(9-1)29-21-23(17-19-27(29)37-39-31-11-3-7-15-35(31)41(33)37)24-18-20-28-30(22-24)26-10-2-6-14-34(26)42-36-16-8-4-12-32(36)40-38(28)42/h1-22H.